The Kier molecular flexibility index (Phi) is 8.75. The van der Waals surface area contributed by atoms with Crippen LogP contribution in [0, 0.1) is 0 Å². The number of benzene rings is 3. The monoisotopic (exact) mass is 441 g/mol. The first-order chi connectivity index (χ1) is 12.6. The van der Waals surface area contributed by atoms with Crippen molar-refractivity contribution in [3.63, 3.8) is 0 Å². The van der Waals surface area contributed by atoms with Crippen LogP contribution in [0.2, 0.25) is 15.1 Å². The second-order valence-electron chi connectivity index (χ2n) is 5.86. The molecule has 2 nitrogen and oxygen atoms in total. The van der Waals surface area contributed by atoms with Crippen molar-refractivity contribution in [2.45, 2.75) is 19.7 Å². The average molecular weight is 443 g/mol. The van der Waals surface area contributed by atoms with Crippen LogP contribution < -0.4 is 10.1 Å². The van der Waals surface area contributed by atoms with Crippen LogP contribution in [-0.2, 0) is 19.7 Å². The molecule has 0 aliphatic heterocycles. The maximum Gasteiger partial charge on any atom is 0.119 e. The number of ether oxygens (including phenoxy) is 1. The Labute approximate surface area is 180 Å². The summed E-state index contributed by atoms with van der Waals surface area (Å²) in [6.07, 6.45) is 0. The molecular weight excluding hydrogens is 424 g/mol. The lowest BCUT2D eigenvalue weighted by Gasteiger charge is -2.10. The van der Waals surface area contributed by atoms with Crippen LogP contribution in [0.15, 0.2) is 66.7 Å². The van der Waals surface area contributed by atoms with E-state index in [4.69, 9.17) is 39.5 Å². The third-order valence-corrected chi connectivity index (χ3v) is 4.89. The molecule has 0 aliphatic carbocycles. The first-order valence-corrected chi connectivity index (χ1v) is 9.35. The van der Waals surface area contributed by atoms with Gasteiger partial charge in [0.25, 0.3) is 0 Å². The number of nitrogens with one attached hydrogen (secondary N) is 1. The minimum Gasteiger partial charge on any atom is -0.489 e. The van der Waals surface area contributed by atoms with Gasteiger partial charge in [-0.25, -0.2) is 0 Å². The maximum absolute atomic E-state index is 6.16. The van der Waals surface area contributed by atoms with E-state index < -0.39 is 0 Å². The number of hydrogen-bond donors (Lipinski definition) is 1. The predicted molar refractivity (Wildman–Crippen MR) is 116 cm³/mol. The molecule has 0 saturated heterocycles. The van der Waals surface area contributed by atoms with Crippen molar-refractivity contribution in [1.82, 2.24) is 5.32 Å². The fourth-order valence-electron chi connectivity index (χ4n) is 2.49. The van der Waals surface area contributed by atoms with Crippen molar-refractivity contribution >= 4 is 47.2 Å². The van der Waals surface area contributed by atoms with Crippen LogP contribution >= 0.6 is 47.2 Å². The van der Waals surface area contributed by atoms with E-state index >= 15 is 0 Å². The van der Waals surface area contributed by atoms with Gasteiger partial charge in [0.05, 0.1) is 0 Å². The van der Waals surface area contributed by atoms with E-state index in [1.54, 1.807) is 12.1 Å². The first-order valence-electron chi connectivity index (χ1n) is 8.21. The van der Waals surface area contributed by atoms with Crippen molar-refractivity contribution in [3.05, 3.63) is 98.5 Å². The molecular formula is C21H19Cl4NO. The molecule has 0 bridgehead atoms. The Morgan fingerprint density at radius 3 is 2.19 bits per heavy atom. The predicted octanol–water partition coefficient (Wildman–Crippen LogP) is 6.94. The second-order valence-corrected chi connectivity index (χ2v) is 7.11. The summed E-state index contributed by atoms with van der Waals surface area (Å²) in [6.45, 7) is 1.89. The molecule has 1 N–H and O–H groups in total. The van der Waals surface area contributed by atoms with Gasteiger partial charge in [0, 0.05) is 33.7 Å². The quantitative estimate of drug-likeness (QED) is 0.427. The van der Waals surface area contributed by atoms with Gasteiger partial charge in [-0.2, -0.15) is 0 Å². The molecule has 3 aromatic rings. The summed E-state index contributed by atoms with van der Waals surface area (Å²) in [6, 6.07) is 21.2. The van der Waals surface area contributed by atoms with Gasteiger partial charge in [-0.1, -0.05) is 71.2 Å². The average Bonchev–Trinajstić information content (AvgIpc) is 2.64. The van der Waals surface area contributed by atoms with Crippen LogP contribution in [0.4, 0.5) is 0 Å². The van der Waals surface area contributed by atoms with E-state index in [1.807, 2.05) is 54.6 Å². The summed E-state index contributed by atoms with van der Waals surface area (Å²) in [5, 5.41) is 5.40. The molecule has 0 unspecified atom stereocenters. The summed E-state index contributed by atoms with van der Waals surface area (Å²) < 4.78 is 5.79. The number of halogens is 4. The van der Waals surface area contributed by atoms with Crippen LogP contribution in [0.25, 0.3) is 0 Å². The number of rotatable bonds is 7. The fraction of sp³-hybridized carbons (Fsp3) is 0.143. The molecule has 0 saturated carbocycles. The summed E-state index contributed by atoms with van der Waals surface area (Å²) >= 11 is 18.2. The van der Waals surface area contributed by atoms with Crippen molar-refractivity contribution in [2.75, 3.05) is 0 Å². The minimum absolute atomic E-state index is 0. The molecule has 0 amide bonds. The van der Waals surface area contributed by atoms with Gasteiger partial charge in [-0.15, -0.1) is 12.4 Å². The molecule has 0 aliphatic rings. The zero-order valence-corrected chi connectivity index (χ0v) is 17.5. The molecule has 0 fully saturated rings. The van der Waals surface area contributed by atoms with E-state index in [-0.39, 0.29) is 12.4 Å². The Morgan fingerprint density at radius 1 is 0.741 bits per heavy atom. The molecule has 0 aromatic heterocycles. The number of hydrogen-bond acceptors (Lipinski definition) is 2. The maximum atomic E-state index is 6.16. The molecule has 3 aromatic carbocycles. The molecule has 3 rings (SSSR count). The van der Waals surface area contributed by atoms with E-state index in [0.29, 0.717) is 16.7 Å². The molecule has 142 valence electrons. The van der Waals surface area contributed by atoms with Crippen LogP contribution in [0.5, 0.6) is 5.75 Å². The molecule has 0 radical (unpaired) electrons. The van der Waals surface area contributed by atoms with E-state index in [0.717, 1.165) is 35.0 Å². The molecule has 6 heteroatoms. The lowest BCUT2D eigenvalue weighted by atomic mass is 10.2. The highest BCUT2D eigenvalue weighted by molar-refractivity contribution is 6.35. The minimum atomic E-state index is 0. The first kappa shape index (κ1) is 21.9. The van der Waals surface area contributed by atoms with Gasteiger partial charge >= 0.3 is 0 Å². The third-order valence-electron chi connectivity index (χ3n) is 3.94. The highest BCUT2D eigenvalue weighted by Crippen LogP contribution is 2.23. The Hall–Kier alpha value is -1.42. The third kappa shape index (κ3) is 6.60. The van der Waals surface area contributed by atoms with Gasteiger partial charge in [0.1, 0.15) is 12.4 Å². The molecule has 0 spiro atoms. The summed E-state index contributed by atoms with van der Waals surface area (Å²) in [5.41, 5.74) is 3.17. The zero-order valence-electron chi connectivity index (χ0n) is 14.4. The van der Waals surface area contributed by atoms with Crippen molar-refractivity contribution in [1.29, 1.82) is 0 Å². The van der Waals surface area contributed by atoms with Gasteiger partial charge in [0.2, 0.25) is 0 Å². The lowest BCUT2D eigenvalue weighted by molar-refractivity contribution is 0.306. The second kappa shape index (κ2) is 10.8. The summed E-state index contributed by atoms with van der Waals surface area (Å²) in [4.78, 5) is 0. The van der Waals surface area contributed by atoms with Crippen molar-refractivity contribution in [2.24, 2.45) is 0 Å². The van der Waals surface area contributed by atoms with E-state index in [2.05, 4.69) is 5.32 Å². The smallest absolute Gasteiger partial charge is 0.119 e. The SMILES string of the molecule is Cl.Clc1ccc(COc2ccc(CNCc3ccccc3Cl)cc2)c(Cl)c1. The van der Waals surface area contributed by atoms with Gasteiger partial charge in [0.15, 0.2) is 0 Å². The normalized spacial score (nSPS) is 10.3. The molecule has 0 atom stereocenters. The van der Waals surface area contributed by atoms with Gasteiger partial charge in [-0.3, -0.25) is 0 Å². The topological polar surface area (TPSA) is 21.3 Å². The standard InChI is InChI=1S/C21H18Cl3NO.ClH/c22-18-8-7-17(21(24)11-18)14-26-19-9-5-15(6-10-19)12-25-13-16-3-1-2-4-20(16)23;/h1-11,25H,12-14H2;1H. The zero-order chi connectivity index (χ0) is 18.4. The Balaban J connectivity index is 0.00000261. The molecule has 0 heterocycles. The van der Waals surface area contributed by atoms with Gasteiger partial charge in [-0.05, 0) is 41.5 Å². The van der Waals surface area contributed by atoms with Gasteiger partial charge < -0.3 is 10.1 Å². The lowest BCUT2D eigenvalue weighted by Crippen LogP contribution is -2.12. The van der Waals surface area contributed by atoms with Crippen molar-refractivity contribution in [3.8, 4) is 5.75 Å². The largest absolute Gasteiger partial charge is 0.489 e. The van der Waals surface area contributed by atoms with E-state index in [1.165, 1.54) is 5.56 Å². The highest BCUT2D eigenvalue weighted by Gasteiger charge is 2.03. The Morgan fingerprint density at radius 2 is 1.48 bits per heavy atom. The van der Waals surface area contributed by atoms with Crippen LogP contribution in [0.1, 0.15) is 16.7 Å². The fourth-order valence-corrected chi connectivity index (χ4v) is 3.15. The molecule has 27 heavy (non-hydrogen) atoms. The van der Waals surface area contributed by atoms with Crippen LogP contribution in [-0.4, -0.2) is 0 Å². The van der Waals surface area contributed by atoms with Crippen molar-refractivity contribution < 1.29 is 4.74 Å². The summed E-state index contributed by atoms with van der Waals surface area (Å²) in [7, 11) is 0. The van der Waals surface area contributed by atoms with E-state index in [9.17, 15) is 0 Å². The van der Waals surface area contributed by atoms with Crippen LogP contribution in [0.3, 0.4) is 0 Å². The Bertz CT molecular complexity index is 868. The summed E-state index contributed by atoms with van der Waals surface area (Å²) in [5.74, 6) is 0.797. The highest BCUT2D eigenvalue weighted by atomic mass is 35.5.